The van der Waals surface area contributed by atoms with Crippen LogP contribution in [-0.2, 0) is 0 Å². The van der Waals surface area contributed by atoms with E-state index >= 15 is 0 Å². The molecule has 3 heteroatoms. The van der Waals surface area contributed by atoms with E-state index in [0.29, 0.717) is 5.92 Å². The molecule has 0 unspecified atom stereocenters. The minimum atomic E-state index is -3.95. The standard InChI is InChI=1S/C9H15F3.C2H6/c1-7-2-4-8(5-3-7)6-9(10,11)12;1-2/h7-8H,2-6H2,1H3;1-2H3. The van der Waals surface area contributed by atoms with Gasteiger partial charge >= 0.3 is 6.18 Å². The van der Waals surface area contributed by atoms with Crippen molar-refractivity contribution < 1.29 is 13.2 Å². The van der Waals surface area contributed by atoms with Gasteiger partial charge in [-0.1, -0.05) is 33.6 Å². The third-order valence-electron chi connectivity index (χ3n) is 2.66. The molecule has 0 aliphatic heterocycles. The van der Waals surface area contributed by atoms with Crippen molar-refractivity contribution >= 4 is 0 Å². The maximum atomic E-state index is 11.9. The van der Waals surface area contributed by atoms with Crippen molar-refractivity contribution in [2.24, 2.45) is 11.8 Å². The van der Waals surface area contributed by atoms with E-state index in [1.807, 2.05) is 13.8 Å². The van der Waals surface area contributed by atoms with Crippen molar-refractivity contribution in [2.75, 3.05) is 0 Å². The molecule has 1 fully saturated rings. The highest BCUT2D eigenvalue weighted by atomic mass is 19.4. The highest BCUT2D eigenvalue weighted by Crippen LogP contribution is 2.35. The van der Waals surface area contributed by atoms with Gasteiger partial charge in [0.1, 0.15) is 0 Å². The molecular formula is C11H21F3. The molecule has 1 aliphatic rings. The molecule has 0 nitrogen and oxygen atoms in total. The average Bonchev–Trinajstić information content (AvgIpc) is 2.10. The lowest BCUT2D eigenvalue weighted by Gasteiger charge is -2.26. The number of hydrogen-bond donors (Lipinski definition) is 0. The number of halogens is 3. The first kappa shape index (κ1) is 13.8. The van der Waals surface area contributed by atoms with Gasteiger partial charge in [0.2, 0.25) is 0 Å². The normalized spacial score (nSPS) is 27.9. The van der Waals surface area contributed by atoms with Crippen LogP contribution in [0.1, 0.15) is 52.9 Å². The molecular weight excluding hydrogens is 189 g/mol. The van der Waals surface area contributed by atoms with Gasteiger partial charge in [0, 0.05) is 6.42 Å². The van der Waals surface area contributed by atoms with Crippen LogP contribution in [0.5, 0.6) is 0 Å². The fraction of sp³-hybridized carbons (Fsp3) is 1.00. The summed E-state index contributed by atoms with van der Waals surface area (Å²) in [4.78, 5) is 0. The van der Waals surface area contributed by atoms with E-state index in [0.717, 1.165) is 25.7 Å². The Labute approximate surface area is 84.9 Å². The van der Waals surface area contributed by atoms with Gasteiger partial charge in [-0.15, -0.1) is 0 Å². The second kappa shape index (κ2) is 6.31. The van der Waals surface area contributed by atoms with Crippen molar-refractivity contribution in [2.45, 2.75) is 59.1 Å². The van der Waals surface area contributed by atoms with E-state index < -0.39 is 12.6 Å². The Morgan fingerprint density at radius 3 is 1.79 bits per heavy atom. The summed E-state index contributed by atoms with van der Waals surface area (Å²) in [7, 11) is 0. The fourth-order valence-electron chi connectivity index (χ4n) is 1.86. The smallest absolute Gasteiger partial charge is 0.171 e. The fourth-order valence-corrected chi connectivity index (χ4v) is 1.86. The molecule has 0 atom stereocenters. The second-order valence-electron chi connectivity index (χ2n) is 3.95. The van der Waals surface area contributed by atoms with Gasteiger partial charge in [0.25, 0.3) is 0 Å². The molecule has 1 saturated carbocycles. The van der Waals surface area contributed by atoms with Crippen molar-refractivity contribution in [3.05, 3.63) is 0 Å². The topological polar surface area (TPSA) is 0 Å². The van der Waals surface area contributed by atoms with E-state index in [1.54, 1.807) is 0 Å². The molecule has 0 spiro atoms. The molecule has 14 heavy (non-hydrogen) atoms. The Morgan fingerprint density at radius 1 is 1.00 bits per heavy atom. The Hall–Kier alpha value is -0.210. The van der Waals surface area contributed by atoms with Gasteiger partial charge < -0.3 is 0 Å². The summed E-state index contributed by atoms with van der Waals surface area (Å²) in [5, 5.41) is 0. The molecule has 0 radical (unpaired) electrons. The minimum Gasteiger partial charge on any atom is -0.171 e. The van der Waals surface area contributed by atoms with Crippen molar-refractivity contribution in [3.63, 3.8) is 0 Å². The predicted octanol–water partition coefficient (Wildman–Crippen LogP) is 4.79. The lowest BCUT2D eigenvalue weighted by molar-refractivity contribution is -0.147. The summed E-state index contributed by atoms with van der Waals surface area (Å²) >= 11 is 0. The van der Waals surface area contributed by atoms with Crippen LogP contribution in [0.25, 0.3) is 0 Å². The Kier molecular flexibility index (Phi) is 6.21. The van der Waals surface area contributed by atoms with Gasteiger partial charge in [-0.05, 0) is 24.7 Å². The third-order valence-corrected chi connectivity index (χ3v) is 2.66. The summed E-state index contributed by atoms with van der Waals surface area (Å²) in [5.74, 6) is 0.538. The lowest BCUT2D eigenvalue weighted by Crippen LogP contribution is -2.19. The second-order valence-corrected chi connectivity index (χ2v) is 3.95. The van der Waals surface area contributed by atoms with Gasteiger partial charge in [-0.25, -0.2) is 0 Å². The van der Waals surface area contributed by atoms with Crippen LogP contribution < -0.4 is 0 Å². The van der Waals surface area contributed by atoms with Crippen LogP contribution in [-0.4, -0.2) is 6.18 Å². The summed E-state index contributed by atoms with van der Waals surface area (Å²) in [6.07, 6.45) is -1.05. The maximum absolute atomic E-state index is 11.9. The van der Waals surface area contributed by atoms with Crippen LogP contribution >= 0.6 is 0 Å². The van der Waals surface area contributed by atoms with Crippen LogP contribution in [0.2, 0.25) is 0 Å². The van der Waals surface area contributed by atoms with Crippen LogP contribution in [0.3, 0.4) is 0 Å². The average molecular weight is 210 g/mol. The lowest BCUT2D eigenvalue weighted by atomic mass is 9.81. The molecule has 0 bridgehead atoms. The van der Waals surface area contributed by atoms with Gasteiger partial charge in [-0.2, -0.15) is 13.2 Å². The molecule has 0 saturated heterocycles. The SMILES string of the molecule is CC.CC1CCC(CC(F)(F)F)CC1. The predicted molar refractivity (Wildman–Crippen MR) is 53.1 cm³/mol. The van der Waals surface area contributed by atoms with Gasteiger partial charge in [0.15, 0.2) is 0 Å². The van der Waals surface area contributed by atoms with E-state index in [-0.39, 0.29) is 5.92 Å². The quantitative estimate of drug-likeness (QED) is 0.583. The summed E-state index contributed by atoms with van der Waals surface area (Å²) in [6, 6.07) is 0. The first-order valence-corrected chi connectivity index (χ1v) is 5.54. The van der Waals surface area contributed by atoms with E-state index in [2.05, 4.69) is 6.92 Å². The molecule has 0 aromatic heterocycles. The zero-order valence-electron chi connectivity index (χ0n) is 9.32. The zero-order valence-corrected chi connectivity index (χ0v) is 9.32. The van der Waals surface area contributed by atoms with Crippen molar-refractivity contribution in [3.8, 4) is 0 Å². The molecule has 0 heterocycles. The van der Waals surface area contributed by atoms with Crippen LogP contribution in [0, 0.1) is 11.8 Å². The Bertz CT molecular complexity index is 132. The summed E-state index contributed by atoms with van der Waals surface area (Å²) in [5.41, 5.74) is 0. The molecule has 1 aliphatic carbocycles. The highest BCUT2D eigenvalue weighted by molar-refractivity contribution is 4.72. The molecule has 0 aromatic carbocycles. The van der Waals surface area contributed by atoms with E-state index in [4.69, 9.17) is 0 Å². The monoisotopic (exact) mass is 210 g/mol. The third kappa shape index (κ3) is 6.28. The van der Waals surface area contributed by atoms with E-state index in [1.165, 1.54) is 0 Å². The molecule has 86 valence electrons. The van der Waals surface area contributed by atoms with E-state index in [9.17, 15) is 13.2 Å². The zero-order chi connectivity index (χ0) is 11.2. The van der Waals surface area contributed by atoms with Crippen molar-refractivity contribution in [1.29, 1.82) is 0 Å². The largest absolute Gasteiger partial charge is 0.389 e. The summed E-state index contributed by atoms with van der Waals surface area (Å²) < 4.78 is 35.8. The Morgan fingerprint density at radius 2 is 1.43 bits per heavy atom. The summed E-state index contributed by atoms with van der Waals surface area (Å²) in [6.45, 7) is 6.11. The molecule has 1 rings (SSSR count). The highest BCUT2D eigenvalue weighted by Gasteiger charge is 2.33. The Balaban J connectivity index is 0.000000791. The van der Waals surface area contributed by atoms with Gasteiger partial charge in [0.05, 0.1) is 0 Å². The number of alkyl halides is 3. The maximum Gasteiger partial charge on any atom is 0.389 e. The molecule has 0 aromatic rings. The molecule has 0 N–H and O–H groups in total. The van der Waals surface area contributed by atoms with Crippen LogP contribution in [0.4, 0.5) is 13.2 Å². The number of rotatable bonds is 1. The van der Waals surface area contributed by atoms with Gasteiger partial charge in [-0.3, -0.25) is 0 Å². The number of hydrogen-bond acceptors (Lipinski definition) is 0. The molecule has 0 amide bonds. The minimum absolute atomic E-state index is 0.0961. The van der Waals surface area contributed by atoms with Crippen molar-refractivity contribution in [1.82, 2.24) is 0 Å². The van der Waals surface area contributed by atoms with Crippen LogP contribution in [0.15, 0.2) is 0 Å². The first-order chi connectivity index (χ1) is 6.47. The first-order valence-electron chi connectivity index (χ1n) is 5.54.